The van der Waals surface area contributed by atoms with Gasteiger partial charge in [0.25, 0.3) is 11.8 Å². The summed E-state index contributed by atoms with van der Waals surface area (Å²) >= 11 is 4.00. The summed E-state index contributed by atoms with van der Waals surface area (Å²) in [5.74, 6) is 0.344. The third-order valence-electron chi connectivity index (χ3n) is 5.83. The van der Waals surface area contributed by atoms with E-state index in [0.29, 0.717) is 27.5 Å². The summed E-state index contributed by atoms with van der Waals surface area (Å²) in [5, 5.41) is 9.53. The van der Waals surface area contributed by atoms with Crippen molar-refractivity contribution in [3.8, 4) is 0 Å². The SMILES string of the molecule is CCSc1nsc(NC(=O)CSc2cccc(NC(=O)/C(=C\c3ccc(C(C)C)cc3)NC(=O)c3ccccc3)c2)n1. The first-order valence-electron chi connectivity index (χ1n) is 13.3. The Morgan fingerprint density at radius 3 is 2.40 bits per heavy atom. The molecule has 0 bridgehead atoms. The van der Waals surface area contributed by atoms with E-state index in [4.69, 9.17) is 0 Å². The summed E-state index contributed by atoms with van der Waals surface area (Å²) in [6, 6.07) is 23.8. The molecule has 0 radical (unpaired) electrons. The van der Waals surface area contributed by atoms with Gasteiger partial charge in [-0.15, -0.1) is 11.8 Å². The molecule has 8 nitrogen and oxygen atoms in total. The molecule has 0 saturated carbocycles. The number of benzene rings is 3. The van der Waals surface area contributed by atoms with Crippen LogP contribution in [-0.2, 0) is 9.59 Å². The Hall–Kier alpha value is -3.93. The van der Waals surface area contributed by atoms with Gasteiger partial charge in [0.1, 0.15) is 5.70 Å². The van der Waals surface area contributed by atoms with E-state index in [1.54, 1.807) is 48.5 Å². The van der Waals surface area contributed by atoms with Gasteiger partial charge in [0, 0.05) is 27.7 Å². The first kappa shape index (κ1) is 31.0. The quantitative estimate of drug-likeness (QED) is 0.117. The fraction of sp³-hybridized carbons (Fsp3) is 0.194. The van der Waals surface area contributed by atoms with Crippen molar-refractivity contribution < 1.29 is 14.4 Å². The van der Waals surface area contributed by atoms with Crippen LogP contribution in [0.25, 0.3) is 6.08 Å². The lowest BCUT2D eigenvalue weighted by atomic mass is 10.0. The lowest BCUT2D eigenvalue weighted by Crippen LogP contribution is -2.30. The fourth-order valence-electron chi connectivity index (χ4n) is 3.70. The van der Waals surface area contributed by atoms with Crippen LogP contribution in [0.2, 0.25) is 0 Å². The molecule has 1 heterocycles. The minimum atomic E-state index is -0.468. The van der Waals surface area contributed by atoms with Crippen molar-refractivity contribution in [2.45, 2.75) is 36.7 Å². The number of aromatic nitrogens is 2. The normalized spacial score (nSPS) is 11.3. The van der Waals surface area contributed by atoms with Crippen LogP contribution in [0.1, 0.15) is 48.2 Å². The van der Waals surface area contributed by atoms with Crippen molar-refractivity contribution in [3.63, 3.8) is 0 Å². The molecule has 42 heavy (non-hydrogen) atoms. The topological polar surface area (TPSA) is 113 Å². The van der Waals surface area contributed by atoms with Crippen LogP contribution in [0.15, 0.2) is 94.6 Å². The Labute approximate surface area is 258 Å². The highest BCUT2D eigenvalue weighted by Gasteiger charge is 2.16. The average Bonchev–Trinajstić information content (AvgIpc) is 3.43. The van der Waals surface area contributed by atoms with Gasteiger partial charge in [-0.2, -0.15) is 9.36 Å². The Balaban J connectivity index is 1.44. The van der Waals surface area contributed by atoms with E-state index in [2.05, 4.69) is 39.2 Å². The van der Waals surface area contributed by atoms with E-state index in [0.717, 1.165) is 27.7 Å². The predicted octanol–water partition coefficient (Wildman–Crippen LogP) is 6.91. The number of nitrogens with zero attached hydrogens (tertiary/aromatic N) is 2. The summed E-state index contributed by atoms with van der Waals surface area (Å²) in [6.07, 6.45) is 1.65. The van der Waals surface area contributed by atoms with Gasteiger partial charge in [0.05, 0.1) is 5.75 Å². The lowest BCUT2D eigenvalue weighted by molar-refractivity contribution is -0.114. The molecular formula is C31H31N5O3S3. The predicted molar refractivity (Wildman–Crippen MR) is 173 cm³/mol. The monoisotopic (exact) mass is 617 g/mol. The molecule has 1 aromatic heterocycles. The highest BCUT2D eigenvalue weighted by atomic mass is 32.2. The third-order valence-corrected chi connectivity index (χ3v) is 8.30. The molecule has 3 amide bonds. The smallest absolute Gasteiger partial charge is 0.272 e. The molecule has 216 valence electrons. The van der Waals surface area contributed by atoms with Crippen molar-refractivity contribution >= 4 is 69.7 Å². The average molecular weight is 618 g/mol. The number of thioether (sulfide) groups is 2. The van der Waals surface area contributed by atoms with Crippen LogP contribution in [0.4, 0.5) is 10.8 Å². The molecule has 0 aliphatic rings. The molecule has 0 spiro atoms. The van der Waals surface area contributed by atoms with E-state index >= 15 is 0 Å². The molecule has 0 unspecified atom stereocenters. The molecule has 0 atom stereocenters. The van der Waals surface area contributed by atoms with Crippen molar-refractivity contribution in [1.82, 2.24) is 14.7 Å². The van der Waals surface area contributed by atoms with Gasteiger partial charge in [-0.25, -0.2) is 0 Å². The van der Waals surface area contributed by atoms with Gasteiger partial charge >= 0.3 is 0 Å². The first-order valence-corrected chi connectivity index (χ1v) is 16.0. The zero-order chi connectivity index (χ0) is 29.9. The molecule has 0 aliphatic heterocycles. The van der Waals surface area contributed by atoms with E-state index in [-0.39, 0.29) is 23.3 Å². The maximum Gasteiger partial charge on any atom is 0.272 e. The second-order valence-corrected chi connectivity index (χ2v) is 12.4. The van der Waals surface area contributed by atoms with Gasteiger partial charge in [0.15, 0.2) is 0 Å². The van der Waals surface area contributed by atoms with Crippen LogP contribution in [0.3, 0.4) is 0 Å². The molecule has 11 heteroatoms. The number of carbonyl (C=O) groups excluding carboxylic acids is 3. The summed E-state index contributed by atoms with van der Waals surface area (Å²) in [6.45, 7) is 6.24. The second-order valence-electron chi connectivity index (χ2n) is 9.33. The van der Waals surface area contributed by atoms with Crippen LogP contribution < -0.4 is 16.0 Å². The molecule has 4 rings (SSSR count). The summed E-state index contributed by atoms with van der Waals surface area (Å²) < 4.78 is 4.20. The highest BCUT2D eigenvalue weighted by Crippen LogP contribution is 2.24. The Morgan fingerprint density at radius 1 is 0.929 bits per heavy atom. The number of amides is 3. The zero-order valence-electron chi connectivity index (χ0n) is 23.4. The summed E-state index contributed by atoms with van der Waals surface area (Å²) in [7, 11) is 0. The largest absolute Gasteiger partial charge is 0.321 e. The van der Waals surface area contributed by atoms with Gasteiger partial charge in [-0.3, -0.25) is 19.7 Å². The van der Waals surface area contributed by atoms with E-state index in [1.165, 1.54) is 29.1 Å². The van der Waals surface area contributed by atoms with E-state index < -0.39 is 5.91 Å². The van der Waals surface area contributed by atoms with Crippen molar-refractivity contribution in [2.75, 3.05) is 22.1 Å². The number of hydrogen-bond acceptors (Lipinski definition) is 8. The Kier molecular flexibility index (Phi) is 11.3. The maximum atomic E-state index is 13.4. The van der Waals surface area contributed by atoms with E-state index in [1.807, 2.05) is 43.3 Å². The van der Waals surface area contributed by atoms with Gasteiger partial charge < -0.3 is 10.6 Å². The number of anilines is 2. The van der Waals surface area contributed by atoms with Gasteiger partial charge in [-0.05, 0) is 59.2 Å². The minimum absolute atomic E-state index is 0.108. The van der Waals surface area contributed by atoms with Crippen LogP contribution in [0, 0.1) is 0 Å². The number of hydrogen-bond donors (Lipinski definition) is 3. The lowest BCUT2D eigenvalue weighted by Gasteiger charge is -2.12. The van der Waals surface area contributed by atoms with Crippen molar-refractivity contribution in [3.05, 3.63) is 101 Å². The minimum Gasteiger partial charge on any atom is -0.321 e. The Bertz CT molecular complexity index is 1550. The zero-order valence-corrected chi connectivity index (χ0v) is 25.9. The molecule has 3 N–H and O–H groups in total. The van der Waals surface area contributed by atoms with Gasteiger partial charge in [0.2, 0.25) is 16.2 Å². The number of carbonyl (C=O) groups is 3. The first-order chi connectivity index (χ1) is 20.3. The molecule has 0 aliphatic carbocycles. The van der Waals surface area contributed by atoms with Crippen LogP contribution >= 0.6 is 35.1 Å². The van der Waals surface area contributed by atoms with Crippen LogP contribution in [0.5, 0.6) is 0 Å². The summed E-state index contributed by atoms with van der Waals surface area (Å²) in [5.41, 5.74) is 3.04. The number of rotatable bonds is 12. The molecule has 0 saturated heterocycles. The molecule has 3 aromatic carbocycles. The highest BCUT2D eigenvalue weighted by molar-refractivity contribution is 8.00. The van der Waals surface area contributed by atoms with Gasteiger partial charge in [-0.1, -0.05) is 81.1 Å². The van der Waals surface area contributed by atoms with Crippen molar-refractivity contribution in [1.29, 1.82) is 0 Å². The van der Waals surface area contributed by atoms with Crippen molar-refractivity contribution in [2.24, 2.45) is 0 Å². The summed E-state index contributed by atoms with van der Waals surface area (Å²) in [4.78, 5) is 43.9. The number of nitrogens with one attached hydrogen (secondary N) is 3. The Morgan fingerprint density at radius 2 is 1.69 bits per heavy atom. The standard InChI is InChI=1S/C31H31N5O3S3/c1-4-40-31-35-30(42-36-31)34-27(37)19-41-25-12-8-11-24(18-25)32-29(39)26(33-28(38)23-9-6-5-7-10-23)17-21-13-15-22(16-14-21)20(2)3/h5-18,20H,4,19H2,1-3H3,(H,32,39)(H,33,38)(H,34,35,36,37)/b26-17+. The second kappa shape index (κ2) is 15.3. The fourth-order valence-corrected chi connectivity index (χ4v) is 5.74. The third kappa shape index (κ3) is 9.30. The van der Waals surface area contributed by atoms with E-state index in [9.17, 15) is 14.4 Å². The maximum absolute atomic E-state index is 13.4. The molecule has 4 aromatic rings. The van der Waals surface area contributed by atoms with Crippen LogP contribution in [-0.4, -0.2) is 38.6 Å². The molecular weight excluding hydrogens is 587 g/mol. The molecule has 0 fully saturated rings.